The molecule has 3 aromatic rings. The first kappa shape index (κ1) is 20.9. The van der Waals surface area contributed by atoms with E-state index in [0.717, 1.165) is 34.4 Å². The summed E-state index contributed by atoms with van der Waals surface area (Å²) in [4.78, 5) is 10.7. The summed E-state index contributed by atoms with van der Waals surface area (Å²) in [6, 6.07) is 20.6. The van der Waals surface area contributed by atoms with E-state index < -0.39 is 0 Å². The maximum atomic E-state index is 10.2. The zero-order chi connectivity index (χ0) is 22.6. The van der Waals surface area contributed by atoms with Crippen LogP contribution < -0.4 is 5.73 Å². The van der Waals surface area contributed by atoms with Crippen molar-refractivity contribution in [2.75, 3.05) is 13.2 Å². The zero-order valence-electron chi connectivity index (χ0n) is 18.3. The molecule has 5 rings (SSSR count). The summed E-state index contributed by atoms with van der Waals surface area (Å²) < 4.78 is 6.10. The molecule has 0 saturated heterocycles. The molecule has 33 heavy (non-hydrogen) atoms. The minimum absolute atomic E-state index is 0.0969. The average molecular weight is 436 g/mol. The van der Waals surface area contributed by atoms with Crippen molar-refractivity contribution in [2.24, 2.45) is 11.7 Å². The summed E-state index contributed by atoms with van der Waals surface area (Å²) in [5, 5.41) is 10.2. The van der Waals surface area contributed by atoms with Gasteiger partial charge in [-0.05, 0) is 40.8 Å². The van der Waals surface area contributed by atoms with Crippen LogP contribution in [0.15, 0.2) is 102 Å². The van der Waals surface area contributed by atoms with Gasteiger partial charge in [-0.15, -0.1) is 0 Å². The highest BCUT2D eigenvalue weighted by atomic mass is 16.5. The number of hydrogen-bond donors (Lipinski definition) is 1. The first-order valence-electron chi connectivity index (χ1n) is 11.1. The molecule has 0 radical (unpaired) electrons. The first-order valence-corrected chi connectivity index (χ1v) is 11.1. The molecule has 0 spiro atoms. The highest BCUT2D eigenvalue weighted by Gasteiger charge is 2.40. The predicted molar refractivity (Wildman–Crippen MR) is 125 cm³/mol. The van der Waals surface area contributed by atoms with Crippen molar-refractivity contribution in [3.8, 4) is 6.07 Å². The van der Waals surface area contributed by atoms with E-state index in [0.29, 0.717) is 31.2 Å². The van der Waals surface area contributed by atoms with E-state index in [4.69, 9.17) is 10.5 Å². The van der Waals surface area contributed by atoms with Gasteiger partial charge >= 0.3 is 0 Å². The normalized spacial score (nSPS) is 20.4. The summed E-state index contributed by atoms with van der Waals surface area (Å²) in [5.74, 6) is 0.342. The molecule has 2 unspecified atom stereocenters. The summed E-state index contributed by atoms with van der Waals surface area (Å²) in [7, 11) is 0. The Morgan fingerprint density at radius 1 is 1.00 bits per heavy atom. The van der Waals surface area contributed by atoms with Crippen molar-refractivity contribution in [1.29, 1.82) is 5.26 Å². The molecule has 2 aliphatic heterocycles. The number of nitriles is 1. The Labute approximate surface area is 193 Å². The quantitative estimate of drug-likeness (QED) is 0.654. The van der Waals surface area contributed by atoms with E-state index in [1.807, 2.05) is 48.8 Å². The lowest BCUT2D eigenvalue weighted by Crippen LogP contribution is -2.42. The molecular weight excluding hydrogens is 410 g/mol. The van der Waals surface area contributed by atoms with Gasteiger partial charge in [0.15, 0.2) is 0 Å². The minimum Gasteiger partial charge on any atom is -0.384 e. The topological polar surface area (TPSA) is 88.1 Å². The van der Waals surface area contributed by atoms with Gasteiger partial charge in [0.05, 0.1) is 24.9 Å². The number of aromatic nitrogens is 2. The third kappa shape index (κ3) is 4.11. The average Bonchev–Trinajstić information content (AvgIpc) is 2.87. The molecule has 4 heterocycles. The van der Waals surface area contributed by atoms with E-state index in [9.17, 15) is 5.26 Å². The molecule has 164 valence electrons. The molecule has 0 bridgehead atoms. The van der Waals surface area contributed by atoms with Gasteiger partial charge in [-0.25, -0.2) is 0 Å². The van der Waals surface area contributed by atoms with E-state index >= 15 is 0 Å². The van der Waals surface area contributed by atoms with Crippen LogP contribution in [0.2, 0.25) is 0 Å². The Bertz CT molecular complexity index is 1220. The van der Waals surface area contributed by atoms with Crippen molar-refractivity contribution < 1.29 is 4.74 Å². The SMILES string of the molecule is N#CC1=C(N)N(Cc2ccccc2)C2=C(COCC2Cc2cccnc2)C1c1cccnc1. The van der Waals surface area contributed by atoms with Gasteiger partial charge in [-0.3, -0.25) is 9.97 Å². The molecule has 2 aliphatic rings. The number of ether oxygens (including phenoxy) is 1. The Morgan fingerprint density at radius 2 is 1.76 bits per heavy atom. The van der Waals surface area contributed by atoms with Gasteiger partial charge in [-0.2, -0.15) is 5.26 Å². The number of pyridine rings is 2. The zero-order valence-corrected chi connectivity index (χ0v) is 18.3. The smallest absolute Gasteiger partial charge is 0.118 e. The predicted octanol–water partition coefficient (Wildman–Crippen LogP) is 3.91. The van der Waals surface area contributed by atoms with Crippen LogP contribution in [0, 0.1) is 17.2 Å². The van der Waals surface area contributed by atoms with Crippen molar-refractivity contribution in [3.63, 3.8) is 0 Å². The molecule has 6 nitrogen and oxygen atoms in total. The Balaban J connectivity index is 1.64. The number of hydrogen-bond acceptors (Lipinski definition) is 6. The highest BCUT2D eigenvalue weighted by molar-refractivity contribution is 5.52. The number of nitrogens with zero attached hydrogens (tertiary/aromatic N) is 4. The van der Waals surface area contributed by atoms with E-state index in [-0.39, 0.29) is 11.8 Å². The monoisotopic (exact) mass is 435 g/mol. The van der Waals surface area contributed by atoms with Crippen LogP contribution in [0.4, 0.5) is 0 Å². The van der Waals surface area contributed by atoms with Crippen LogP contribution >= 0.6 is 0 Å². The fraction of sp³-hybridized carbons (Fsp3) is 0.222. The van der Waals surface area contributed by atoms with Crippen molar-refractivity contribution in [3.05, 3.63) is 119 Å². The Hall–Kier alpha value is -3.95. The fourth-order valence-electron chi connectivity index (χ4n) is 4.88. The lowest BCUT2D eigenvalue weighted by molar-refractivity contribution is 0.0894. The Morgan fingerprint density at radius 3 is 2.45 bits per heavy atom. The summed E-state index contributed by atoms with van der Waals surface area (Å²) >= 11 is 0. The number of benzene rings is 1. The van der Waals surface area contributed by atoms with E-state index in [1.54, 1.807) is 12.4 Å². The van der Waals surface area contributed by atoms with E-state index in [2.05, 4.69) is 39.1 Å². The second kappa shape index (κ2) is 9.27. The maximum Gasteiger partial charge on any atom is 0.118 e. The number of rotatable bonds is 5. The summed E-state index contributed by atoms with van der Waals surface area (Å²) in [6.45, 7) is 1.65. The molecule has 0 fully saturated rings. The molecular formula is C27H25N5O. The third-order valence-corrected chi connectivity index (χ3v) is 6.31. The maximum absolute atomic E-state index is 10.2. The van der Waals surface area contributed by atoms with Gasteiger partial charge in [0.25, 0.3) is 0 Å². The Kier molecular flexibility index (Phi) is 5.88. The van der Waals surface area contributed by atoms with E-state index in [1.165, 1.54) is 0 Å². The lowest BCUT2D eigenvalue weighted by Gasteiger charge is -2.43. The molecule has 2 N–H and O–H groups in total. The van der Waals surface area contributed by atoms with Gasteiger partial charge in [0, 0.05) is 48.9 Å². The summed E-state index contributed by atoms with van der Waals surface area (Å²) in [6.07, 6.45) is 8.03. The van der Waals surface area contributed by atoms with Gasteiger partial charge in [0.2, 0.25) is 0 Å². The van der Waals surface area contributed by atoms with Crippen LogP contribution in [0.25, 0.3) is 0 Å². The summed E-state index contributed by atoms with van der Waals surface area (Å²) in [5.41, 5.74) is 12.8. The number of nitrogens with two attached hydrogens (primary N) is 1. The fourth-order valence-corrected chi connectivity index (χ4v) is 4.88. The molecule has 2 aromatic heterocycles. The molecule has 2 atom stereocenters. The molecule has 0 aliphatic carbocycles. The van der Waals surface area contributed by atoms with Crippen LogP contribution in [0.5, 0.6) is 0 Å². The standard InChI is InChI=1S/C27H25N5O/c28-13-23-25(21-9-5-11-31-15-21)24-18-33-17-22(12-20-8-4-10-30-14-20)26(24)32(27(23)29)16-19-6-2-1-3-7-19/h1-11,14-15,22,25H,12,16-18,29H2. The van der Waals surface area contributed by atoms with Crippen LogP contribution in [0.3, 0.4) is 0 Å². The van der Waals surface area contributed by atoms with Crippen molar-refractivity contribution in [1.82, 2.24) is 14.9 Å². The second-order valence-electron chi connectivity index (χ2n) is 8.39. The van der Waals surface area contributed by atoms with Crippen LogP contribution in [-0.2, 0) is 17.7 Å². The molecule has 0 amide bonds. The number of allylic oxidation sites excluding steroid dienone is 1. The molecule has 6 heteroatoms. The highest BCUT2D eigenvalue weighted by Crippen LogP contribution is 2.45. The third-order valence-electron chi connectivity index (χ3n) is 6.31. The largest absolute Gasteiger partial charge is 0.384 e. The van der Waals surface area contributed by atoms with Crippen molar-refractivity contribution >= 4 is 0 Å². The molecule has 1 aromatic carbocycles. The van der Waals surface area contributed by atoms with Gasteiger partial charge in [0.1, 0.15) is 5.82 Å². The van der Waals surface area contributed by atoms with Crippen LogP contribution in [-0.4, -0.2) is 28.1 Å². The first-order chi connectivity index (χ1) is 16.3. The lowest BCUT2D eigenvalue weighted by atomic mass is 9.77. The minimum atomic E-state index is -0.262. The molecule has 0 saturated carbocycles. The van der Waals surface area contributed by atoms with Gasteiger partial charge < -0.3 is 15.4 Å². The van der Waals surface area contributed by atoms with Gasteiger partial charge in [-0.1, -0.05) is 42.5 Å². The second-order valence-corrected chi connectivity index (χ2v) is 8.39. The van der Waals surface area contributed by atoms with Crippen LogP contribution in [0.1, 0.15) is 22.6 Å². The van der Waals surface area contributed by atoms with Crippen molar-refractivity contribution in [2.45, 2.75) is 18.9 Å².